The van der Waals surface area contributed by atoms with Gasteiger partial charge >= 0.3 is 0 Å². The summed E-state index contributed by atoms with van der Waals surface area (Å²) in [6.07, 6.45) is 6.01. The largest absolute Gasteiger partial charge is 0.311 e. The van der Waals surface area contributed by atoms with E-state index in [9.17, 15) is 4.79 Å². The van der Waals surface area contributed by atoms with Gasteiger partial charge in [0.15, 0.2) is 0 Å². The van der Waals surface area contributed by atoms with E-state index >= 15 is 0 Å². The zero-order valence-corrected chi connectivity index (χ0v) is 14.3. The van der Waals surface area contributed by atoms with Crippen LogP contribution in [0.5, 0.6) is 0 Å². The van der Waals surface area contributed by atoms with Crippen molar-refractivity contribution in [2.24, 2.45) is 0 Å². The van der Waals surface area contributed by atoms with Gasteiger partial charge in [-0.25, -0.2) is 4.98 Å². The second-order valence-corrected chi connectivity index (χ2v) is 6.83. The average Bonchev–Trinajstić information content (AvgIpc) is 3.17. The number of hydrogen-bond donors (Lipinski definition) is 2. The minimum atomic E-state index is -0.378. The van der Waals surface area contributed by atoms with Gasteiger partial charge in [-0.1, -0.05) is 11.6 Å². The molecule has 3 aromatic heterocycles. The number of fused-ring (bicyclic) bond motifs is 1. The topological polar surface area (TPSA) is 75.1 Å². The van der Waals surface area contributed by atoms with Gasteiger partial charge in [-0.3, -0.25) is 9.89 Å². The van der Waals surface area contributed by atoms with Crippen molar-refractivity contribution in [2.45, 2.75) is 38.5 Å². The minimum absolute atomic E-state index is 0.118. The van der Waals surface area contributed by atoms with Gasteiger partial charge in [-0.2, -0.15) is 5.10 Å². The molecule has 0 aliphatic heterocycles. The molecule has 3 aromatic rings. The summed E-state index contributed by atoms with van der Waals surface area (Å²) < 4.78 is 1.84. The van der Waals surface area contributed by atoms with Gasteiger partial charge in [0.1, 0.15) is 11.5 Å². The first kappa shape index (κ1) is 15.2. The molecule has 1 saturated carbocycles. The highest BCUT2D eigenvalue weighted by molar-refractivity contribution is 6.31. The Morgan fingerprint density at radius 3 is 2.96 bits per heavy atom. The number of carbonyl (C=O) groups is 1. The van der Waals surface area contributed by atoms with E-state index in [0.29, 0.717) is 22.5 Å². The van der Waals surface area contributed by atoms with Gasteiger partial charge in [0.25, 0.3) is 0 Å². The van der Waals surface area contributed by atoms with Gasteiger partial charge in [0.2, 0.25) is 5.91 Å². The Bertz CT molecular complexity index is 885. The van der Waals surface area contributed by atoms with Crippen LogP contribution in [0, 0.1) is 6.92 Å². The summed E-state index contributed by atoms with van der Waals surface area (Å²) in [7, 11) is 0. The third-order valence-corrected chi connectivity index (χ3v) is 4.84. The van der Waals surface area contributed by atoms with Crippen LogP contribution in [0.15, 0.2) is 24.5 Å². The van der Waals surface area contributed by atoms with Crippen molar-refractivity contribution in [3.63, 3.8) is 0 Å². The fourth-order valence-electron chi connectivity index (χ4n) is 2.70. The first-order valence-corrected chi connectivity index (χ1v) is 8.40. The Kier molecular flexibility index (Phi) is 3.57. The number of H-pyrrole nitrogens is 1. The molecule has 124 valence electrons. The number of pyridine rings is 1. The molecule has 6 nitrogen and oxygen atoms in total. The van der Waals surface area contributed by atoms with Crippen LogP contribution in [0.1, 0.15) is 48.6 Å². The Balaban J connectivity index is 1.53. The molecule has 0 radical (unpaired) electrons. The van der Waals surface area contributed by atoms with Gasteiger partial charge in [-0.15, -0.1) is 0 Å². The van der Waals surface area contributed by atoms with Crippen LogP contribution < -0.4 is 5.32 Å². The number of rotatable bonds is 4. The Morgan fingerprint density at radius 1 is 1.42 bits per heavy atom. The van der Waals surface area contributed by atoms with Crippen LogP contribution in [0.2, 0.25) is 5.02 Å². The summed E-state index contributed by atoms with van der Waals surface area (Å²) in [6.45, 7) is 3.77. The number of amides is 1. The van der Waals surface area contributed by atoms with Crippen LogP contribution >= 0.6 is 11.6 Å². The zero-order chi connectivity index (χ0) is 16.8. The lowest BCUT2D eigenvalue weighted by Gasteiger charge is -2.07. The van der Waals surface area contributed by atoms with Crippen molar-refractivity contribution in [1.82, 2.24) is 19.6 Å². The zero-order valence-electron chi connectivity index (χ0n) is 13.5. The third kappa shape index (κ3) is 2.78. The second-order valence-electron chi connectivity index (χ2n) is 6.43. The van der Waals surface area contributed by atoms with Crippen molar-refractivity contribution >= 4 is 29.0 Å². The van der Waals surface area contributed by atoms with Crippen molar-refractivity contribution in [3.8, 4) is 0 Å². The summed E-state index contributed by atoms with van der Waals surface area (Å²) in [4.78, 5) is 17.0. The highest BCUT2D eigenvalue weighted by Crippen LogP contribution is 2.39. The maximum absolute atomic E-state index is 12.5. The molecule has 1 aliphatic carbocycles. The number of imidazole rings is 1. The van der Waals surface area contributed by atoms with E-state index in [2.05, 4.69) is 20.5 Å². The first-order valence-electron chi connectivity index (χ1n) is 8.02. The fraction of sp³-hybridized carbons (Fsp3) is 0.353. The number of anilines is 1. The molecule has 4 rings (SSSR count). The normalized spacial score (nSPS) is 15.6. The molecule has 0 spiro atoms. The van der Waals surface area contributed by atoms with Crippen molar-refractivity contribution in [1.29, 1.82) is 0 Å². The average molecular weight is 344 g/mol. The number of hydrogen-bond acceptors (Lipinski definition) is 3. The molecule has 1 aliphatic rings. The van der Waals surface area contributed by atoms with Crippen LogP contribution in [-0.2, 0) is 4.79 Å². The summed E-state index contributed by atoms with van der Waals surface area (Å²) in [5, 5.41) is 10.7. The molecule has 1 fully saturated rings. The van der Waals surface area contributed by atoms with Gasteiger partial charge < -0.3 is 9.72 Å². The van der Waals surface area contributed by atoms with E-state index < -0.39 is 0 Å². The lowest BCUT2D eigenvalue weighted by Crippen LogP contribution is -2.19. The lowest BCUT2D eigenvalue weighted by atomic mass is 10.1. The predicted molar refractivity (Wildman–Crippen MR) is 92.5 cm³/mol. The quantitative estimate of drug-likeness (QED) is 0.759. The fourth-order valence-corrected chi connectivity index (χ4v) is 2.86. The monoisotopic (exact) mass is 343 g/mol. The maximum atomic E-state index is 12.5. The number of nitrogens with zero attached hydrogens (tertiary/aromatic N) is 3. The number of nitrogens with one attached hydrogen (secondary N) is 2. The van der Waals surface area contributed by atoms with E-state index in [1.54, 1.807) is 0 Å². The number of aromatic nitrogens is 4. The van der Waals surface area contributed by atoms with E-state index in [-0.39, 0.29) is 11.8 Å². The highest BCUT2D eigenvalue weighted by Gasteiger charge is 2.27. The Hall–Kier alpha value is -2.34. The number of aryl methyl sites for hydroxylation is 1. The lowest BCUT2D eigenvalue weighted by molar-refractivity contribution is -0.117. The first-order chi connectivity index (χ1) is 11.5. The van der Waals surface area contributed by atoms with Crippen LogP contribution in [0.4, 0.5) is 5.82 Å². The summed E-state index contributed by atoms with van der Waals surface area (Å²) in [6, 6.07) is 3.82. The maximum Gasteiger partial charge on any atom is 0.234 e. The van der Waals surface area contributed by atoms with E-state index in [1.165, 1.54) is 12.8 Å². The van der Waals surface area contributed by atoms with Gasteiger partial charge in [0, 0.05) is 24.4 Å². The molecule has 1 amide bonds. The molecular formula is C17H18ClN5O. The van der Waals surface area contributed by atoms with E-state index in [0.717, 1.165) is 16.9 Å². The van der Waals surface area contributed by atoms with Crippen LogP contribution in [0.3, 0.4) is 0 Å². The molecular weight excluding hydrogens is 326 g/mol. The highest BCUT2D eigenvalue weighted by atomic mass is 35.5. The molecule has 0 aromatic carbocycles. The number of aromatic amines is 1. The van der Waals surface area contributed by atoms with E-state index in [4.69, 9.17) is 11.6 Å². The molecule has 2 N–H and O–H groups in total. The molecule has 0 bridgehead atoms. The second kappa shape index (κ2) is 5.63. The Labute approximate surface area is 144 Å². The number of halogens is 1. The van der Waals surface area contributed by atoms with Crippen molar-refractivity contribution in [3.05, 3.63) is 46.5 Å². The SMILES string of the molecule is Cc1cc2nc([C@H](C)C(=O)Nc3cc(C4CC4)n[nH]3)cn2cc1Cl. The third-order valence-electron chi connectivity index (χ3n) is 4.44. The van der Waals surface area contributed by atoms with Crippen LogP contribution in [0.25, 0.3) is 5.65 Å². The van der Waals surface area contributed by atoms with Crippen molar-refractivity contribution in [2.75, 3.05) is 5.32 Å². The van der Waals surface area contributed by atoms with Gasteiger partial charge in [0.05, 0.1) is 22.3 Å². The molecule has 3 heterocycles. The molecule has 0 unspecified atom stereocenters. The standard InChI is InChI=1S/C17H18ClN5O/c1-9-5-16-19-14(8-23(16)7-12(9)18)10(2)17(24)20-15-6-13(21-22-15)11-3-4-11/h5-8,10-11H,3-4H2,1-2H3,(H2,20,21,22,24)/t10-/m0/s1. The smallest absolute Gasteiger partial charge is 0.234 e. The molecule has 1 atom stereocenters. The van der Waals surface area contributed by atoms with Crippen LogP contribution in [-0.4, -0.2) is 25.5 Å². The van der Waals surface area contributed by atoms with Crippen molar-refractivity contribution < 1.29 is 4.79 Å². The molecule has 7 heteroatoms. The summed E-state index contributed by atoms with van der Waals surface area (Å²) >= 11 is 6.14. The summed E-state index contributed by atoms with van der Waals surface area (Å²) in [5.41, 5.74) is 3.47. The Morgan fingerprint density at radius 2 is 2.21 bits per heavy atom. The number of carbonyl (C=O) groups excluding carboxylic acids is 1. The van der Waals surface area contributed by atoms with Gasteiger partial charge in [-0.05, 0) is 38.3 Å². The predicted octanol–water partition coefficient (Wildman–Crippen LogP) is 3.64. The molecule has 0 saturated heterocycles. The van der Waals surface area contributed by atoms with E-state index in [1.807, 2.05) is 42.8 Å². The molecule has 24 heavy (non-hydrogen) atoms. The summed E-state index contributed by atoms with van der Waals surface area (Å²) in [5.74, 6) is 0.691. The minimum Gasteiger partial charge on any atom is -0.311 e.